The number of carbonyl (C=O) groups excluding carboxylic acids is 1. The fourth-order valence-corrected chi connectivity index (χ4v) is 2.66. The highest BCUT2D eigenvalue weighted by atomic mass is 16.5. The van der Waals surface area contributed by atoms with E-state index in [1.54, 1.807) is 7.11 Å². The maximum Gasteiger partial charge on any atom is 0.238 e. The Morgan fingerprint density at radius 3 is 3.05 bits per heavy atom. The lowest BCUT2D eigenvalue weighted by molar-refractivity contribution is -0.117. The predicted molar refractivity (Wildman–Crippen MR) is 80.0 cm³/mol. The molecule has 1 aliphatic rings. The van der Waals surface area contributed by atoms with E-state index in [1.807, 2.05) is 25.1 Å². The third-order valence-electron chi connectivity index (χ3n) is 3.75. The molecule has 0 aliphatic carbocycles. The van der Waals surface area contributed by atoms with Crippen molar-refractivity contribution in [3.63, 3.8) is 0 Å². The van der Waals surface area contributed by atoms with E-state index in [9.17, 15) is 4.79 Å². The van der Waals surface area contributed by atoms with Crippen LogP contribution in [0.3, 0.4) is 0 Å². The number of aryl methyl sites for hydroxylation is 1. The zero-order valence-electron chi connectivity index (χ0n) is 12.2. The van der Waals surface area contributed by atoms with Crippen molar-refractivity contribution >= 4 is 11.6 Å². The third-order valence-corrected chi connectivity index (χ3v) is 3.75. The van der Waals surface area contributed by atoms with E-state index in [1.165, 1.54) is 0 Å². The number of hydrogen-bond acceptors (Lipinski definition) is 4. The van der Waals surface area contributed by atoms with Crippen molar-refractivity contribution in [3.05, 3.63) is 23.8 Å². The monoisotopic (exact) mass is 277 g/mol. The number of benzene rings is 1. The van der Waals surface area contributed by atoms with Crippen LogP contribution in [0.2, 0.25) is 0 Å². The molecule has 1 aliphatic heterocycles. The second-order valence-corrected chi connectivity index (χ2v) is 5.25. The molecule has 3 N–H and O–H groups in total. The summed E-state index contributed by atoms with van der Waals surface area (Å²) in [4.78, 5) is 14.3. The van der Waals surface area contributed by atoms with E-state index in [0.717, 1.165) is 30.6 Å². The fourth-order valence-electron chi connectivity index (χ4n) is 2.66. The number of carbonyl (C=O) groups is 1. The van der Waals surface area contributed by atoms with Gasteiger partial charge in [0, 0.05) is 12.6 Å². The number of methoxy groups -OCH3 is 1. The molecule has 0 bridgehead atoms. The fraction of sp³-hybridized carbons (Fsp3) is 0.533. The number of hydrogen-bond donors (Lipinski definition) is 2. The van der Waals surface area contributed by atoms with Crippen LogP contribution < -0.4 is 15.8 Å². The van der Waals surface area contributed by atoms with Crippen molar-refractivity contribution < 1.29 is 9.53 Å². The second-order valence-electron chi connectivity index (χ2n) is 5.25. The number of nitrogens with two attached hydrogens (primary N) is 1. The summed E-state index contributed by atoms with van der Waals surface area (Å²) in [7, 11) is 1.60. The van der Waals surface area contributed by atoms with Gasteiger partial charge in [0.05, 0.1) is 19.3 Å². The molecule has 0 radical (unpaired) electrons. The molecular weight excluding hydrogens is 254 g/mol. The Morgan fingerprint density at radius 2 is 2.35 bits per heavy atom. The van der Waals surface area contributed by atoms with Gasteiger partial charge in [-0.1, -0.05) is 6.07 Å². The Kier molecular flexibility index (Phi) is 4.98. The molecule has 110 valence electrons. The standard InChI is InChI=1S/C15H23N3O2/c1-11-5-6-14(20-2)13(8-11)17-15(19)10-18-7-3-4-12(18)9-16/h5-6,8,12H,3-4,7,9-10,16H2,1-2H3,(H,17,19). The number of ether oxygens (including phenoxy) is 1. The predicted octanol–water partition coefficient (Wildman–Crippen LogP) is 1.37. The molecule has 1 saturated heterocycles. The van der Waals surface area contributed by atoms with Crippen molar-refractivity contribution in [2.45, 2.75) is 25.8 Å². The molecule has 1 atom stereocenters. The van der Waals surface area contributed by atoms with Crippen LogP contribution in [0.1, 0.15) is 18.4 Å². The van der Waals surface area contributed by atoms with Crippen molar-refractivity contribution in [1.29, 1.82) is 0 Å². The molecule has 1 aromatic carbocycles. The van der Waals surface area contributed by atoms with Crippen LogP contribution in [0.25, 0.3) is 0 Å². The summed E-state index contributed by atoms with van der Waals surface area (Å²) in [6, 6.07) is 6.07. The summed E-state index contributed by atoms with van der Waals surface area (Å²) < 4.78 is 5.27. The van der Waals surface area contributed by atoms with Gasteiger partial charge in [-0.25, -0.2) is 0 Å². The summed E-state index contributed by atoms with van der Waals surface area (Å²) in [5, 5.41) is 2.93. The van der Waals surface area contributed by atoms with Crippen molar-refractivity contribution in [2.24, 2.45) is 5.73 Å². The lowest BCUT2D eigenvalue weighted by Gasteiger charge is -2.22. The first kappa shape index (κ1) is 14.8. The average molecular weight is 277 g/mol. The van der Waals surface area contributed by atoms with Crippen molar-refractivity contribution in [1.82, 2.24) is 4.90 Å². The number of likely N-dealkylation sites (tertiary alicyclic amines) is 1. The van der Waals surface area contributed by atoms with Gasteiger partial charge in [0.1, 0.15) is 5.75 Å². The quantitative estimate of drug-likeness (QED) is 0.853. The van der Waals surface area contributed by atoms with Crippen LogP contribution in [0.4, 0.5) is 5.69 Å². The Labute approximate surface area is 120 Å². The number of nitrogens with one attached hydrogen (secondary N) is 1. The molecule has 1 heterocycles. The summed E-state index contributed by atoms with van der Waals surface area (Å²) >= 11 is 0. The van der Waals surface area contributed by atoms with Crippen LogP contribution in [0, 0.1) is 6.92 Å². The van der Waals surface area contributed by atoms with E-state index in [-0.39, 0.29) is 5.91 Å². The van der Waals surface area contributed by atoms with Gasteiger partial charge in [-0.15, -0.1) is 0 Å². The SMILES string of the molecule is COc1ccc(C)cc1NC(=O)CN1CCCC1CN. The molecule has 5 heteroatoms. The van der Waals surface area contributed by atoms with Gasteiger partial charge < -0.3 is 15.8 Å². The lowest BCUT2D eigenvalue weighted by atomic mass is 10.2. The average Bonchev–Trinajstić information content (AvgIpc) is 2.86. The van der Waals surface area contributed by atoms with E-state index in [0.29, 0.717) is 24.9 Å². The van der Waals surface area contributed by atoms with E-state index < -0.39 is 0 Å². The summed E-state index contributed by atoms with van der Waals surface area (Å²) in [5.74, 6) is 0.662. The van der Waals surface area contributed by atoms with Gasteiger partial charge in [0.2, 0.25) is 5.91 Å². The first-order valence-electron chi connectivity index (χ1n) is 7.02. The number of anilines is 1. The van der Waals surface area contributed by atoms with Crippen molar-refractivity contribution in [2.75, 3.05) is 32.1 Å². The third kappa shape index (κ3) is 3.49. The number of rotatable bonds is 5. The molecule has 1 aromatic rings. The van der Waals surface area contributed by atoms with Crippen LogP contribution in [-0.4, -0.2) is 43.6 Å². The topological polar surface area (TPSA) is 67.6 Å². The molecule has 5 nitrogen and oxygen atoms in total. The normalized spacial score (nSPS) is 19.1. The zero-order chi connectivity index (χ0) is 14.5. The second kappa shape index (κ2) is 6.72. The highest BCUT2D eigenvalue weighted by molar-refractivity contribution is 5.93. The summed E-state index contributed by atoms with van der Waals surface area (Å²) in [5.41, 5.74) is 7.53. The summed E-state index contributed by atoms with van der Waals surface area (Å²) in [6.07, 6.45) is 2.19. The van der Waals surface area contributed by atoms with Crippen LogP contribution in [0.5, 0.6) is 5.75 Å². The van der Waals surface area contributed by atoms with Gasteiger partial charge in [-0.2, -0.15) is 0 Å². The van der Waals surface area contributed by atoms with Crippen LogP contribution in [0.15, 0.2) is 18.2 Å². The molecule has 0 spiro atoms. The highest BCUT2D eigenvalue weighted by Gasteiger charge is 2.25. The van der Waals surface area contributed by atoms with Gasteiger partial charge >= 0.3 is 0 Å². The molecule has 1 unspecified atom stereocenters. The summed E-state index contributed by atoms with van der Waals surface area (Å²) in [6.45, 7) is 3.93. The Bertz CT molecular complexity index is 476. The first-order valence-corrected chi connectivity index (χ1v) is 7.02. The van der Waals surface area contributed by atoms with E-state index in [4.69, 9.17) is 10.5 Å². The Balaban J connectivity index is 1.99. The Hall–Kier alpha value is -1.59. The molecule has 2 rings (SSSR count). The molecule has 20 heavy (non-hydrogen) atoms. The molecule has 1 fully saturated rings. The molecule has 1 amide bonds. The van der Waals surface area contributed by atoms with Gasteiger partial charge in [-0.3, -0.25) is 9.69 Å². The van der Waals surface area contributed by atoms with E-state index >= 15 is 0 Å². The van der Waals surface area contributed by atoms with Gasteiger partial charge in [0.15, 0.2) is 0 Å². The molecule has 0 aromatic heterocycles. The molecule has 0 saturated carbocycles. The highest BCUT2D eigenvalue weighted by Crippen LogP contribution is 2.25. The smallest absolute Gasteiger partial charge is 0.238 e. The molecular formula is C15H23N3O2. The van der Waals surface area contributed by atoms with E-state index in [2.05, 4.69) is 10.2 Å². The van der Waals surface area contributed by atoms with Gasteiger partial charge in [0.25, 0.3) is 0 Å². The first-order chi connectivity index (χ1) is 9.63. The minimum Gasteiger partial charge on any atom is -0.495 e. The van der Waals surface area contributed by atoms with Crippen LogP contribution >= 0.6 is 0 Å². The lowest BCUT2D eigenvalue weighted by Crippen LogP contribution is -2.40. The van der Waals surface area contributed by atoms with Crippen LogP contribution in [-0.2, 0) is 4.79 Å². The maximum absolute atomic E-state index is 12.2. The number of amides is 1. The minimum absolute atomic E-state index is 0.0192. The maximum atomic E-state index is 12.2. The van der Waals surface area contributed by atoms with Crippen molar-refractivity contribution in [3.8, 4) is 5.75 Å². The largest absolute Gasteiger partial charge is 0.495 e. The van der Waals surface area contributed by atoms with Gasteiger partial charge in [-0.05, 0) is 44.0 Å². The minimum atomic E-state index is -0.0192. The number of nitrogens with zero attached hydrogens (tertiary/aromatic N) is 1. The zero-order valence-corrected chi connectivity index (χ0v) is 12.2. The Morgan fingerprint density at radius 1 is 1.55 bits per heavy atom.